The third-order valence-electron chi connectivity index (χ3n) is 4.59. The van der Waals surface area contributed by atoms with E-state index in [1.165, 1.54) is 22.3 Å². The average Bonchev–Trinajstić information content (AvgIpc) is 3.02. The minimum absolute atomic E-state index is 0. The summed E-state index contributed by atoms with van der Waals surface area (Å²) in [6.45, 7) is 0.686. The molecule has 0 aromatic heterocycles. The van der Waals surface area contributed by atoms with Crippen LogP contribution in [0.5, 0.6) is 0 Å². The van der Waals surface area contributed by atoms with Gasteiger partial charge in [-0.25, -0.2) is 0 Å². The van der Waals surface area contributed by atoms with E-state index in [0.717, 1.165) is 12.0 Å². The number of nitrogens with two attached hydrogens (primary N) is 3. The van der Waals surface area contributed by atoms with Crippen molar-refractivity contribution in [3.63, 3.8) is 0 Å². The third kappa shape index (κ3) is 4.99. The Morgan fingerprint density at radius 2 is 1.85 bits per heavy atom. The fourth-order valence-electron chi connectivity index (χ4n) is 3.25. The third-order valence-corrected chi connectivity index (χ3v) is 4.59. The second kappa shape index (κ2) is 9.39. The molecule has 0 unspecified atom stereocenters. The number of esters is 1. The van der Waals surface area contributed by atoms with Gasteiger partial charge >= 0.3 is 5.97 Å². The molecular weight excluding hydrogens is 364 g/mol. The summed E-state index contributed by atoms with van der Waals surface area (Å²) in [6, 6.07) is 13.8. The summed E-state index contributed by atoms with van der Waals surface area (Å²) in [5, 5.41) is 0. The van der Waals surface area contributed by atoms with Gasteiger partial charge in [-0.1, -0.05) is 42.5 Å². The lowest BCUT2D eigenvalue weighted by molar-refractivity contribution is -0.146. The average molecular weight is 389 g/mol. The first-order valence-corrected chi connectivity index (χ1v) is 8.73. The second-order valence-electron chi connectivity index (χ2n) is 6.44. The number of benzene rings is 2. The fourth-order valence-corrected chi connectivity index (χ4v) is 3.25. The predicted molar refractivity (Wildman–Crippen MR) is 110 cm³/mol. The molecule has 0 bridgehead atoms. The Hall–Kier alpha value is -2.57. The van der Waals surface area contributed by atoms with Gasteiger partial charge in [-0.2, -0.15) is 0 Å². The Morgan fingerprint density at radius 3 is 2.63 bits per heavy atom. The number of fused-ring (bicyclic) bond motifs is 3. The van der Waals surface area contributed by atoms with Gasteiger partial charge in [0.05, 0.1) is 0 Å². The highest BCUT2D eigenvalue weighted by Crippen LogP contribution is 2.38. The van der Waals surface area contributed by atoms with Crippen LogP contribution in [0.1, 0.15) is 29.5 Å². The summed E-state index contributed by atoms with van der Waals surface area (Å²) in [6.07, 6.45) is 1.97. The zero-order valence-corrected chi connectivity index (χ0v) is 15.9. The molecule has 144 valence electrons. The topological polar surface area (TPSA) is 117 Å². The monoisotopic (exact) mass is 388 g/mol. The van der Waals surface area contributed by atoms with Crippen LogP contribution in [-0.2, 0) is 22.6 Å². The van der Waals surface area contributed by atoms with Gasteiger partial charge in [0.15, 0.2) is 5.96 Å². The molecule has 0 radical (unpaired) electrons. The second-order valence-corrected chi connectivity index (χ2v) is 6.44. The van der Waals surface area contributed by atoms with Crippen LogP contribution >= 0.6 is 12.4 Å². The van der Waals surface area contributed by atoms with Crippen LogP contribution < -0.4 is 17.2 Å². The van der Waals surface area contributed by atoms with Crippen LogP contribution in [0.4, 0.5) is 0 Å². The van der Waals surface area contributed by atoms with Crippen molar-refractivity contribution < 1.29 is 9.53 Å². The number of hydrogen-bond donors (Lipinski definition) is 3. The van der Waals surface area contributed by atoms with Crippen molar-refractivity contribution >= 4 is 24.3 Å². The van der Waals surface area contributed by atoms with Crippen LogP contribution in [0.3, 0.4) is 0 Å². The smallest absolute Gasteiger partial charge is 0.323 e. The minimum Gasteiger partial charge on any atom is -0.460 e. The quantitative estimate of drug-likeness (QED) is 0.248. The lowest BCUT2D eigenvalue weighted by Crippen LogP contribution is -2.32. The molecule has 2 aromatic rings. The normalized spacial score (nSPS) is 12.3. The highest BCUT2D eigenvalue weighted by molar-refractivity contribution is 5.85. The van der Waals surface area contributed by atoms with E-state index in [4.69, 9.17) is 21.9 Å². The van der Waals surface area contributed by atoms with Gasteiger partial charge in [0.25, 0.3) is 0 Å². The molecule has 0 saturated heterocycles. The van der Waals surface area contributed by atoms with E-state index >= 15 is 0 Å². The van der Waals surface area contributed by atoms with Gasteiger partial charge < -0.3 is 21.9 Å². The molecule has 0 amide bonds. The van der Waals surface area contributed by atoms with Crippen molar-refractivity contribution in [1.82, 2.24) is 0 Å². The number of nitrogens with zero attached hydrogens (tertiary/aromatic N) is 1. The molecule has 3 rings (SSSR count). The predicted octanol–water partition coefficient (Wildman–Crippen LogP) is 2.10. The molecule has 7 heteroatoms. The van der Waals surface area contributed by atoms with Crippen molar-refractivity contribution in [3.05, 3.63) is 59.2 Å². The van der Waals surface area contributed by atoms with Crippen LogP contribution in [0.2, 0.25) is 0 Å². The standard InChI is InChI=1S/C20H24N4O2.ClH/c21-18(9-4-10-24-20(22)23)19(25)26-12-14-6-3-8-16-15-7-2-1-5-13(15)11-17(14)16;/h1-3,5-8,18H,4,9-12,21H2,(H4,22,23,24);1H/t18-;/m0./s1. The molecule has 0 spiro atoms. The van der Waals surface area contributed by atoms with Crippen molar-refractivity contribution in [2.45, 2.75) is 31.9 Å². The summed E-state index contributed by atoms with van der Waals surface area (Å²) >= 11 is 0. The summed E-state index contributed by atoms with van der Waals surface area (Å²) < 4.78 is 5.44. The maximum atomic E-state index is 12.1. The number of ether oxygens (including phenoxy) is 1. The van der Waals surface area contributed by atoms with E-state index in [2.05, 4.69) is 23.2 Å². The van der Waals surface area contributed by atoms with Crippen molar-refractivity contribution in [1.29, 1.82) is 0 Å². The van der Waals surface area contributed by atoms with E-state index < -0.39 is 12.0 Å². The van der Waals surface area contributed by atoms with Gasteiger partial charge in [0.1, 0.15) is 12.6 Å². The van der Waals surface area contributed by atoms with Crippen LogP contribution in [-0.4, -0.2) is 24.5 Å². The largest absolute Gasteiger partial charge is 0.460 e. The molecule has 2 aromatic carbocycles. The van der Waals surface area contributed by atoms with Crippen molar-refractivity contribution in [2.75, 3.05) is 6.54 Å². The molecule has 6 nitrogen and oxygen atoms in total. The van der Waals surface area contributed by atoms with E-state index in [9.17, 15) is 4.79 Å². The number of halogens is 1. The Kier molecular flexibility index (Phi) is 7.21. The van der Waals surface area contributed by atoms with E-state index in [1.807, 2.05) is 24.3 Å². The molecular formula is C20H25ClN4O2. The molecule has 0 saturated carbocycles. The molecule has 0 fully saturated rings. The van der Waals surface area contributed by atoms with Gasteiger partial charge in [-0.3, -0.25) is 9.79 Å². The van der Waals surface area contributed by atoms with Gasteiger partial charge in [-0.05, 0) is 47.1 Å². The molecule has 1 atom stereocenters. The Bertz CT molecular complexity index is 834. The van der Waals surface area contributed by atoms with Crippen LogP contribution in [0.15, 0.2) is 47.5 Å². The lowest BCUT2D eigenvalue weighted by Gasteiger charge is -2.13. The molecule has 0 aliphatic heterocycles. The van der Waals surface area contributed by atoms with Crippen LogP contribution in [0.25, 0.3) is 11.1 Å². The first kappa shape index (κ1) is 20.7. The number of carbonyl (C=O) groups excluding carboxylic acids is 1. The minimum atomic E-state index is -0.668. The number of guanidine groups is 1. The van der Waals surface area contributed by atoms with Crippen molar-refractivity contribution in [3.8, 4) is 11.1 Å². The zero-order valence-electron chi connectivity index (χ0n) is 15.1. The molecule has 6 N–H and O–H groups in total. The maximum Gasteiger partial charge on any atom is 0.323 e. The summed E-state index contributed by atoms with van der Waals surface area (Å²) in [5.74, 6) is -0.358. The first-order valence-electron chi connectivity index (χ1n) is 8.73. The van der Waals surface area contributed by atoms with Gasteiger partial charge in [0.2, 0.25) is 0 Å². The summed E-state index contributed by atoms with van der Waals surface area (Å²) in [5.41, 5.74) is 22.4. The van der Waals surface area contributed by atoms with Gasteiger partial charge in [-0.15, -0.1) is 12.4 Å². The van der Waals surface area contributed by atoms with E-state index in [-0.39, 0.29) is 25.0 Å². The van der Waals surface area contributed by atoms with Gasteiger partial charge in [0, 0.05) is 6.54 Å². The molecule has 1 aliphatic rings. The van der Waals surface area contributed by atoms with E-state index in [1.54, 1.807) is 0 Å². The Morgan fingerprint density at radius 1 is 1.11 bits per heavy atom. The number of hydrogen-bond acceptors (Lipinski definition) is 4. The zero-order chi connectivity index (χ0) is 18.5. The summed E-state index contributed by atoms with van der Waals surface area (Å²) in [4.78, 5) is 16.0. The van der Waals surface area contributed by atoms with E-state index in [0.29, 0.717) is 19.4 Å². The molecule has 27 heavy (non-hydrogen) atoms. The van der Waals surface area contributed by atoms with Crippen molar-refractivity contribution in [2.24, 2.45) is 22.2 Å². The lowest BCUT2D eigenvalue weighted by atomic mass is 10.0. The maximum absolute atomic E-state index is 12.1. The SMILES string of the molecule is Cl.NC(N)=NCCC[C@H](N)C(=O)OCc1cccc2c1Cc1ccccc1-2. The molecule has 1 aliphatic carbocycles. The summed E-state index contributed by atoms with van der Waals surface area (Å²) in [7, 11) is 0. The highest BCUT2D eigenvalue weighted by atomic mass is 35.5. The highest BCUT2D eigenvalue weighted by Gasteiger charge is 2.21. The first-order chi connectivity index (χ1) is 12.6. The molecule has 0 heterocycles. The number of carbonyl (C=O) groups is 1. The van der Waals surface area contributed by atoms with Crippen LogP contribution in [0, 0.1) is 0 Å². The Labute approximate surface area is 165 Å². The Balaban J connectivity index is 0.00000261. The number of rotatable bonds is 7. The fraction of sp³-hybridized carbons (Fsp3) is 0.300. The number of aliphatic imine (C=N–C) groups is 1.